The first-order valence-corrected chi connectivity index (χ1v) is 8.42. The lowest BCUT2D eigenvalue weighted by molar-refractivity contribution is -0.0450. The van der Waals surface area contributed by atoms with Crippen LogP contribution in [-0.2, 0) is 4.74 Å². The Hall–Kier alpha value is -0.120. The molecule has 0 aromatic heterocycles. The van der Waals surface area contributed by atoms with Crippen LogP contribution in [0.15, 0.2) is 0 Å². The molecule has 0 aromatic carbocycles. The zero-order chi connectivity index (χ0) is 13.1. The first-order valence-electron chi connectivity index (χ1n) is 8.42. The molecule has 110 valence electrons. The van der Waals surface area contributed by atoms with Gasteiger partial charge in [0.25, 0.3) is 0 Å². The predicted molar refractivity (Wildman–Crippen MR) is 78.4 cm³/mol. The highest BCUT2D eigenvalue weighted by molar-refractivity contribution is 5.02. The van der Waals surface area contributed by atoms with E-state index in [1.165, 1.54) is 71.0 Å². The fourth-order valence-electron chi connectivity index (χ4n) is 4.24. The van der Waals surface area contributed by atoms with Gasteiger partial charge in [0.1, 0.15) is 0 Å². The Labute approximate surface area is 118 Å². The highest BCUT2D eigenvalue weighted by atomic mass is 16.5. The molecule has 1 saturated carbocycles. The van der Waals surface area contributed by atoms with Gasteiger partial charge in [0.15, 0.2) is 0 Å². The molecular weight excluding hydrogens is 236 g/mol. The summed E-state index contributed by atoms with van der Waals surface area (Å²) in [6.45, 7) is 6.91. The monoisotopic (exact) mass is 266 g/mol. The van der Waals surface area contributed by atoms with Gasteiger partial charge in [-0.05, 0) is 38.5 Å². The smallest absolute Gasteiger partial charge is 0.0702 e. The maximum Gasteiger partial charge on any atom is 0.0702 e. The maximum atomic E-state index is 5.99. The van der Waals surface area contributed by atoms with Gasteiger partial charge in [-0.25, -0.2) is 0 Å². The average molecular weight is 266 g/mol. The van der Waals surface area contributed by atoms with Gasteiger partial charge in [-0.1, -0.05) is 19.8 Å². The van der Waals surface area contributed by atoms with E-state index in [9.17, 15) is 0 Å². The van der Waals surface area contributed by atoms with Crippen LogP contribution >= 0.6 is 0 Å². The zero-order valence-electron chi connectivity index (χ0n) is 12.5. The van der Waals surface area contributed by atoms with Gasteiger partial charge in [0.2, 0.25) is 0 Å². The largest absolute Gasteiger partial charge is 0.377 e. The Morgan fingerprint density at radius 3 is 2.74 bits per heavy atom. The fourth-order valence-corrected chi connectivity index (χ4v) is 4.24. The number of rotatable bonds is 3. The van der Waals surface area contributed by atoms with Crippen molar-refractivity contribution in [2.75, 3.05) is 26.2 Å². The van der Waals surface area contributed by atoms with Gasteiger partial charge in [0.05, 0.1) is 6.10 Å². The fraction of sp³-hybridized carbons (Fsp3) is 1.00. The van der Waals surface area contributed by atoms with Crippen LogP contribution in [0.3, 0.4) is 0 Å². The van der Waals surface area contributed by atoms with E-state index >= 15 is 0 Å². The van der Waals surface area contributed by atoms with Crippen LogP contribution in [0, 0.1) is 0 Å². The van der Waals surface area contributed by atoms with Gasteiger partial charge in [-0.15, -0.1) is 0 Å². The molecule has 1 N–H and O–H groups in total. The molecule has 3 rings (SSSR count). The van der Waals surface area contributed by atoms with E-state index in [1.807, 2.05) is 0 Å². The molecule has 2 heterocycles. The number of piperazine rings is 1. The van der Waals surface area contributed by atoms with Crippen molar-refractivity contribution in [2.45, 2.75) is 76.0 Å². The molecule has 3 fully saturated rings. The molecule has 0 bridgehead atoms. The summed E-state index contributed by atoms with van der Waals surface area (Å²) < 4.78 is 5.99. The average Bonchev–Trinajstić information content (AvgIpc) is 2.92. The Morgan fingerprint density at radius 2 is 2.05 bits per heavy atom. The lowest BCUT2D eigenvalue weighted by Gasteiger charge is -2.49. The van der Waals surface area contributed by atoms with Crippen LogP contribution in [0.25, 0.3) is 0 Å². The molecule has 0 aromatic rings. The Morgan fingerprint density at radius 1 is 1.21 bits per heavy atom. The van der Waals surface area contributed by atoms with E-state index in [0.29, 0.717) is 17.7 Å². The van der Waals surface area contributed by atoms with Crippen LogP contribution < -0.4 is 5.32 Å². The summed E-state index contributed by atoms with van der Waals surface area (Å²) in [6.07, 6.45) is 11.3. The lowest BCUT2D eigenvalue weighted by Crippen LogP contribution is -2.64. The molecule has 2 saturated heterocycles. The molecule has 2 aliphatic heterocycles. The normalized spacial score (nSPS) is 35.8. The predicted octanol–water partition coefficient (Wildman–Crippen LogP) is 2.55. The Bertz CT molecular complexity index is 282. The second-order valence-electron chi connectivity index (χ2n) is 6.81. The topological polar surface area (TPSA) is 24.5 Å². The molecule has 3 heteroatoms. The highest BCUT2D eigenvalue weighted by Crippen LogP contribution is 2.37. The van der Waals surface area contributed by atoms with Crippen molar-refractivity contribution in [1.29, 1.82) is 0 Å². The molecule has 0 radical (unpaired) electrons. The molecule has 1 spiro atoms. The van der Waals surface area contributed by atoms with Gasteiger partial charge in [0, 0.05) is 37.8 Å². The van der Waals surface area contributed by atoms with Crippen molar-refractivity contribution in [3.63, 3.8) is 0 Å². The number of hydrogen-bond donors (Lipinski definition) is 1. The summed E-state index contributed by atoms with van der Waals surface area (Å²) in [5, 5.41) is 3.79. The van der Waals surface area contributed by atoms with E-state index in [2.05, 4.69) is 17.1 Å². The Balaban J connectivity index is 1.65. The van der Waals surface area contributed by atoms with Crippen LogP contribution in [0.4, 0.5) is 0 Å². The molecule has 2 unspecified atom stereocenters. The number of nitrogens with zero attached hydrogens (tertiary/aromatic N) is 1. The zero-order valence-corrected chi connectivity index (χ0v) is 12.5. The maximum absolute atomic E-state index is 5.99. The van der Waals surface area contributed by atoms with E-state index < -0.39 is 0 Å². The summed E-state index contributed by atoms with van der Waals surface area (Å²) in [4.78, 5) is 2.81. The van der Waals surface area contributed by atoms with Crippen LogP contribution in [0.2, 0.25) is 0 Å². The molecule has 1 aliphatic carbocycles. The summed E-state index contributed by atoms with van der Waals surface area (Å²) >= 11 is 0. The molecule has 3 nitrogen and oxygen atoms in total. The van der Waals surface area contributed by atoms with Crippen molar-refractivity contribution >= 4 is 0 Å². The number of ether oxygens (including phenoxy) is 1. The highest BCUT2D eigenvalue weighted by Gasteiger charge is 2.43. The molecular formula is C16H30N2O. The third-order valence-electron chi connectivity index (χ3n) is 5.56. The second-order valence-corrected chi connectivity index (χ2v) is 6.81. The van der Waals surface area contributed by atoms with Crippen LogP contribution in [0.5, 0.6) is 0 Å². The standard InChI is InChI=1S/C16H30N2O/c1-2-14-11-18(12-15-7-3-6-10-19-15)16(13-17-14)8-4-5-9-16/h14-15,17H,2-13H2,1H3. The van der Waals surface area contributed by atoms with Crippen molar-refractivity contribution in [1.82, 2.24) is 10.2 Å². The first kappa shape index (κ1) is 13.8. The lowest BCUT2D eigenvalue weighted by atomic mass is 9.89. The van der Waals surface area contributed by atoms with E-state index in [0.717, 1.165) is 6.61 Å². The van der Waals surface area contributed by atoms with Crippen LogP contribution in [-0.4, -0.2) is 48.8 Å². The minimum atomic E-state index is 0.465. The van der Waals surface area contributed by atoms with Gasteiger partial charge in [-0.2, -0.15) is 0 Å². The first-order chi connectivity index (χ1) is 9.32. The van der Waals surface area contributed by atoms with Crippen molar-refractivity contribution in [2.24, 2.45) is 0 Å². The summed E-state index contributed by atoms with van der Waals surface area (Å²) in [6, 6.07) is 0.690. The molecule has 19 heavy (non-hydrogen) atoms. The van der Waals surface area contributed by atoms with E-state index in [1.54, 1.807) is 0 Å². The third kappa shape index (κ3) is 2.98. The third-order valence-corrected chi connectivity index (χ3v) is 5.56. The second kappa shape index (κ2) is 6.11. The SMILES string of the molecule is CCC1CN(CC2CCCCO2)C2(CCCC2)CN1. The molecule has 3 aliphatic rings. The van der Waals surface area contributed by atoms with Crippen molar-refractivity contribution in [3.8, 4) is 0 Å². The van der Waals surface area contributed by atoms with Gasteiger partial charge >= 0.3 is 0 Å². The quantitative estimate of drug-likeness (QED) is 0.849. The van der Waals surface area contributed by atoms with Crippen molar-refractivity contribution in [3.05, 3.63) is 0 Å². The van der Waals surface area contributed by atoms with E-state index in [4.69, 9.17) is 4.74 Å². The van der Waals surface area contributed by atoms with Gasteiger partial charge < -0.3 is 10.1 Å². The summed E-state index contributed by atoms with van der Waals surface area (Å²) in [5.41, 5.74) is 0.465. The number of hydrogen-bond acceptors (Lipinski definition) is 3. The Kier molecular flexibility index (Phi) is 4.45. The van der Waals surface area contributed by atoms with E-state index in [-0.39, 0.29) is 0 Å². The minimum absolute atomic E-state index is 0.465. The van der Waals surface area contributed by atoms with Gasteiger partial charge in [-0.3, -0.25) is 4.90 Å². The van der Waals surface area contributed by atoms with Crippen LogP contribution in [0.1, 0.15) is 58.3 Å². The summed E-state index contributed by atoms with van der Waals surface area (Å²) in [5.74, 6) is 0. The minimum Gasteiger partial charge on any atom is -0.377 e. The molecule has 0 amide bonds. The summed E-state index contributed by atoms with van der Waals surface area (Å²) in [7, 11) is 0. The number of nitrogens with one attached hydrogen (secondary N) is 1. The van der Waals surface area contributed by atoms with Crippen molar-refractivity contribution < 1.29 is 4.74 Å². The molecule has 2 atom stereocenters.